The molecule has 0 amide bonds. The minimum absolute atomic E-state index is 0.00368. The van der Waals surface area contributed by atoms with Gasteiger partial charge in [-0.3, -0.25) is 0 Å². The molecule has 5 nitrogen and oxygen atoms in total. The molecule has 2 N–H and O–H groups in total. The van der Waals surface area contributed by atoms with Gasteiger partial charge < -0.3 is 5.11 Å². The number of aromatic carboxylic acids is 1. The summed E-state index contributed by atoms with van der Waals surface area (Å²) in [7, 11) is -3.31. The Morgan fingerprint density at radius 3 is 2.44 bits per heavy atom. The normalized spacial score (nSPS) is 11.1. The standard InChI is InChI=1S/C12H15NO4S/c1-2-3-8-18(16,17)13-9-10-4-6-11(7-5-10)12(14)15/h2,4-7,13H,1,3,8-9H2,(H,14,15). The van der Waals surface area contributed by atoms with Crippen molar-refractivity contribution in [2.45, 2.75) is 13.0 Å². The first-order chi connectivity index (χ1) is 8.44. The Bertz CT molecular complexity index is 520. The van der Waals surface area contributed by atoms with Gasteiger partial charge in [0.1, 0.15) is 0 Å². The second kappa shape index (κ2) is 6.32. The lowest BCUT2D eigenvalue weighted by molar-refractivity contribution is 0.0697. The van der Waals surface area contributed by atoms with Gasteiger partial charge in [0, 0.05) is 6.54 Å². The fraction of sp³-hybridized carbons (Fsp3) is 0.250. The van der Waals surface area contributed by atoms with Crippen LogP contribution in [0.25, 0.3) is 0 Å². The van der Waals surface area contributed by atoms with Crippen molar-refractivity contribution in [3.63, 3.8) is 0 Å². The van der Waals surface area contributed by atoms with Crippen LogP contribution in [0.2, 0.25) is 0 Å². The van der Waals surface area contributed by atoms with E-state index in [1.807, 2.05) is 0 Å². The number of hydrogen-bond acceptors (Lipinski definition) is 3. The average Bonchev–Trinajstić information content (AvgIpc) is 2.35. The summed E-state index contributed by atoms with van der Waals surface area (Å²) in [5.41, 5.74) is 0.885. The Hall–Kier alpha value is -1.66. The highest BCUT2D eigenvalue weighted by atomic mass is 32.2. The van der Waals surface area contributed by atoms with Gasteiger partial charge >= 0.3 is 5.97 Å². The summed E-state index contributed by atoms with van der Waals surface area (Å²) in [6.45, 7) is 3.61. The van der Waals surface area contributed by atoms with Crippen LogP contribution in [-0.4, -0.2) is 25.2 Å². The van der Waals surface area contributed by atoms with E-state index in [0.29, 0.717) is 12.0 Å². The van der Waals surface area contributed by atoms with Gasteiger partial charge in [-0.2, -0.15) is 0 Å². The first-order valence-electron chi connectivity index (χ1n) is 5.35. The molecule has 18 heavy (non-hydrogen) atoms. The minimum Gasteiger partial charge on any atom is -0.478 e. The van der Waals surface area contributed by atoms with Crippen LogP contribution in [0.3, 0.4) is 0 Å². The van der Waals surface area contributed by atoms with E-state index in [4.69, 9.17) is 5.11 Å². The SMILES string of the molecule is C=CCCS(=O)(=O)NCc1ccc(C(=O)O)cc1. The van der Waals surface area contributed by atoms with E-state index in [1.54, 1.807) is 18.2 Å². The van der Waals surface area contributed by atoms with Crippen LogP contribution in [0.5, 0.6) is 0 Å². The number of carboxylic acid groups (broad SMARTS) is 1. The van der Waals surface area contributed by atoms with Crippen molar-refractivity contribution in [3.8, 4) is 0 Å². The Balaban J connectivity index is 2.58. The van der Waals surface area contributed by atoms with E-state index in [9.17, 15) is 13.2 Å². The number of hydrogen-bond donors (Lipinski definition) is 2. The van der Waals surface area contributed by atoms with E-state index in [2.05, 4.69) is 11.3 Å². The summed E-state index contributed by atoms with van der Waals surface area (Å²) >= 11 is 0. The third-order valence-electron chi connectivity index (χ3n) is 2.29. The summed E-state index contributed by atoms with van der Waals surface area (Å²) in [4.78, 5) is 10.6. The van der Waals surface area contributed by atoms with Gasteiger partial charge in [-0.05, 0) is 24.1 Å². The lowest BCUT2D eigenvalue weighted by Crippen LogP contribution is -2.25. The Morgan fingerprint density at radius 2 is 1.94 bits per heavy atom. The zero-order valence-corrected chi connectivity index (χ0v) is 10.6. The van der Waals surface area contributed by atoms with Crippen molar-refractivity contribution >= 4 is 16.0 Å². The molecule has 0 bridgehead atoms. The maximum atomic E-state index is 11.5. The van der Waals surface area contributed by atoms with Gasteiger partial charge in [0.25, 0.3) is 0 Å². The van der Waals surface area contributed by atoms with E-state index in [1.165, 1.54) is 12.1 Å². The summed E-state index contributed by atoms with van der Waals surface area (Å²) in [5.74, 6) is -1.00. The number of carboxylic acids is 1. The molecule has 0 aliphatic heterocycles. The molecule has 0 saturated carbocycles. The zero-order valence-electron chi connectivity index (χ0n) is 9.80. The molecule has 1 rings (SSSR count). The van der Waals surface area contributed by atoms with Gasteiger partial charge in [-0.1, -0.05) is 18.2 Å². The molecule has 6 heteroatoms. The van der Waals surface area contributed by atoms with Crippen molar-refractivity contribution in [2.75, 3.05) is 5.75 Å². The molecule has 98 valence electrons. The molecule has 0 saturated heterocycles. The van der Waals surface area contributed by atoms with Gasteiger partial charge in [-0.25, -0.2) is 17.9 Å². The molecule has 0 radical (unpaired) electrons. The quantitative estimate of drug-likeness (QED) is 0.732. The molecular formula is C12H15NO4S. The topological polar surface area (TPSA) is 83.5 Å². The van der Waals surface area contributed by atoms with Gasteiger partial charge in [0.15, 0.2) is 0 Å². The van der Waals surface area contributed by atoms with E-state index < -0.39 is 16.0 Å². The zero-order chi connectivity index (χ0) is 13.6. The lowest BCUT2D eigenvalue weighted by atomic mass is 10.1. The van der Waals surface area contributed by atoms with Crippen LogP contribution in [0.1, 0.15) is 22.3 Å². The molecule has 0 unspecified atom stereocenters. The molecule has 1 aromatic carbocycles. The number of nitrogens with one attached hydrogen (secondary N) is 1. The van der Waals surface area contributed by atoms with Crippen LogP contribution >= 0.6 is 0 Å². The first-order valence-corrected chi connectivity index (χ1v) is 7.00. The third-order valence-corrected chi connectivity index (χ3v) is 3.65. The Kier molecular flexibility index (Phi) is 5.06. The molecule has 0 spiro atoms. The summed E-state index contributed by atoms with van der Waals surface area (Å²) in [5, 5.41) is 8.71. The fourth-order valence-corrected chi connectivity index (χ4v) is 2.28. The second-order valence-electron chi connectivity index (χ2n) is 3.72. The van der Waals surface area contributed by atoms with E-state index >= 15 is 0 Å². The molecule has 1 aromatic rings. The van der Waals surface area contributed by atoms with Crippen molar-refractivity contribution in [1.29, 1.82) is 0 Å². The maximum Gasteiger partial charge on any atom is 0.335 e. The first kappa shape index (κ1) is 14.4. The highest BCUT2D eigenvalue weighted by molar-refractivity contribution is 7.89. The molecule has 0 aliphatic carbocycles. The lowest BCUT2D eigenvalue weighted by Gasteiger charge is -2.05. The predicted octanol–water partition coefficient (Wildman–Crippen LogP) is 1.38. The largest absolute Gasteiger partial charge is 0.478 e. The minimum atomic E-state index is -3.31. The van der Waals surface area contributed by atoms with E-state index in [-0.39, 0.29) is 17.9 Å². The fourth-order valence-electron chi connectivity index (χ4n) is 1.27. The number of benzene rings is 1. The monoisotopic (exact) mass is 269 g/mol. The van der Waals surface area contributed by atoms with Crippen LogP contribution in [0.15, 0.2) is 36.9 Å². The Morgan fingerprint density at radius 1 is 1.33 bits per heavy atom. The van der Waals surface area contributed by atoms with Crippen LogP contribution in [-0.2, 0) is 16.6 Å². The van der Waals surface area contributed by atoms with Crippen molar-refractivity contribution in [3.05, 3.63) is 48.0 Å². The average molecular weight is 269 g/mol. The summed E-state index contributed by atoms with van der Waals surface area (Å²) in [6, 6.07) is 6.05. The Labute approximate surface area is 106 Å². The summed E-state index contributed by atoms with van der Waals surface area (Å²) in [6.07, 6.45) is 1.94. The molecular weight excluding hydrogens is 254 g/mol. The summed E-state index contributed by atoms with van der Waals surface area (Å²) < 4.78 is 25.4. The predicted molar refractivity (Wildman–Crippen MR) is 68.8 cm³/mol. The molecule has 0 aliphatic rings. The third kappa shape index (κ3) is 4.68. The molecule has 0 fully saturated rings. The van der Waals surface area contributed by atoms with Gasteiger partial charge in [0.05, 0.1) is 11.3 Å². The van der Waals surface area contributed by atoms with Crippen molar-refractivity contribution in [1.82, 2.24) is 4.72 Å². The molecule has 0 heterocycles. The number of sulfonamides is 1. The number of rotatable bonds is 7. The van der Waals surface area contributed by atoms with Crippen LogP contribution in [0.4, 0.5) is 0 Å². The van der Waals surface area contributed by atoms with Crippen LogP contribution in [0, 0.1) is 0 Å². The van der Waals surface area contributed by atoms with E-state index in [0.717, 1.165) is 0 Å². The van der Waals surface area contributed by atoms with Crippen molar-refractivity contribution < 1.29 is 18.3 Å². The highest BCUT2D eigenvalue weighted by Gasteiger charge is 2.08. The second-order valence-corrected chi connectivity index (χ2v) is 5.65. The number of allylic oxidation sites excluding steroid dienone is 1. The van der Waals surface area contributed by atoms with Crippen LogP contribution < -0.4 is 4.72 Å². The highest BCUT2D eigenvalue weighted by Crippen LogP contribution is 2.05. The van der Waals surface area contributed by atoms with Gasteiger partial charge in [0.2, 0.25) is 10.0 Å². The van der Waals surface area contributed by atoms with Gasteiger partial charge in [-0.15, -0.1) is 6.58 Å². The van der Waals surface area contributed by atoms with Crippen molar-refractivity contribution in [2.24, 2.45) is 0 Å². The maximum absolute atomic E-state index is 11.5. The smallest absolute Gasteiger partial charge is 0.335 e. The molecule has 0 aromatic heterocycles. The molecule has 0 atom stereocenters. The number of carbonyl (C=O) groups is 1.